The number of methoxy groups -OCH3 is 1. The third-order valence-electron chi connectivity index (χ3n) is 5.40. The van der Waals surface area contributed by atoms with E-state index in [1.165, 1.54) is 7.11 Å². The van der Waals surface area contributed by atoms with Gasteiger partial charge in [0.25, 0.3) is 0 Å². The summed E-state index contributed by atoms with van der Waals surface area (Å²) in [6.07, 6.45) is 0.177. The third-order valence-corrected chi connectivity index (χ3v) is 5.40. The Morgan fingerprint density at radius 3 is 2.62 bits per heavy atom. The number of aromatic hydroxyl groups is 2. The zero-order chi connectivity index (χ0) is 20.0. The fourth-order valence-electron chi connectivity index (χ4n) is 3.98. The number of para-hydroxylation sites is 2. The van der Waals surface area contributed by atoms with Gasteiger partial charge in [0.1, 0.15) is 11.5 Å². The molecule has 0 amide bonds. The van der Waals surface area contributed by atoms with E-state index in [0.717, 1.165) is 28.2 Å². The lowest BCUT2D eigenvalue weighted by Gasteiger charge is -2.38. The van der Waals surface area contributed by atoms with E-state index in [1.54, 1.807) is 30.3 Å². The summed E-state index contributed by atoms with van der Waals surface area (Å²) in [6.45, 7) is 0. The predicted octanol–water partition coefficient (Wildman–Crippen LogP) is 4.35. The van der Waals surface area contributed by atoms with Gasteiger partial charge in [-0.1, -0.05) is 30.3 Å². The molecule has 0 unspecified atom stereocenters. The highest BCUT2D eigenvalue weighted by atomic mass is 16.5. The van der Waals surface area contributed by atoms with Gasteiger partial charge in [-0.15, -0.1) is 0 Å². The highest BCUT2D eigenvalue weighted by molar-refractivity contribution is 6.04. The number of fused-ring (bicyclic) bond motifs is 3. The molecule has 2 atom stereocenters. The van der Waals surface area contributed by atoms with Gasteiger partial charge >= 0.3 is 0 Å². The van der Waals surface area contributed by atoms with Crippen LogP contribution in [0.5, 0.6) is 23.0 Å². The molecule has 0 spiro atoms. The number of phenols is 2. The molecule has 3 aromatic carbocycles. The number of hydrogen-bond acceptors (Lipinski definition) is 6. The van der Waals surface area contributed by atoms with Gasteiger partial charge in [-0.05, 0) is 36.4 Å². The first kappa shape index (κ1) is 17.4. The van der Waals surface area contributed by atoms with Crippen molar-refractivity contribution in [3.63, 3.8) is 0 Å². The summed E-state index contributed by atoms with van der Waals surface area (Å²) in [6, 6.07) is 20.3. The molecule has 0 aromatic heterocycles. The smallest absolute Gasteiger partial charge is 0.214 e. The van der Waals surface area contributed by atoms with Crippen molar-refractivity contribution >= 4 is 5.71 Å². The SMILES string of the molecule is COc1cc([C@@H]2Oc3ccccc3[C@H]3CC(c4ccccc4O)=NN32)ccc1O. The Hall–Kier alpha value is -3.67. The number of benzene rings is 3. The second-order valence-electron chi connectivity index (χ2n) is 7.10. The Morgan fingerprint density at radius 1 is 1.00 bits per heavy atom. The van der Waals surface area contributed by atoms with Crippen LogP contribution in [0.2, 0.25) is 0 Å². The number of nitrogens with zero attached hydrogens (tertiary/aromatic N) is 2. The molecule has 0 radical (unpaired) electrons. The first-order valence-electron chi connectivity index (χ1n) is 9.42. The van der Waals surface area contributed by atoms with Gasteiger partial charge in [-0.3, -0.25) is 0 Å². The first-order valence-corrected chi connectivity index (χ1v) is 9.42. The standard InChI is InChI=1S/C23H20N2O4/c1-28-22-12-14(10-11-20(22)27)23-25-18(16-7-3-5-9-21(16)29-23)13-17(24-25)15-6-2-4-8-19(15)26/h2-12,18,23,26-27H,13H2,1H3/t18-,23+/m1/s1. The molecule has 6 heteroatoms. The van der Waals surface area contributed by atoms with Crippen LogP contribution in [0.1, 0.15) is 35.4 Å². The lowest BCUT2D eigenvalue weighted by Crippen LogP contribution is -2.33. The molecule has 2 heterocycles. The molecular formula is C23H20N2O4. The van der Waals surface area contributed by atoms with Crippen molar-refractivity contribution in [2.75, 3.05) is 7.11 Å². The molecule has 146 valence electrons. The van der Waals surface area contributed by atoms with Crippen molar-refractivity contribution in [1.29, 1.82) is 0 Å². The molecule has 6 nitrogen and oxygen atoms in total. The van der Waals surface area contributed by atoms with E-state index in [0.29, 0.717) is 12.2 Å². The lowest BCUT2D eigenvalue weighted by atomic mass is 9.95. The van der Waals surface area contributed by atoms with Crippen molar-refractivity contribution in [3.05, 3.63) is 83.4 Å². The summed E-state index contributed by atoms with van der Waals surface area (Å²) >= 11 is 0. The molecule has 2 N–H and O–H groups in total. The molecule has 2 aliphatic rings. The fraction of sp³-hybridized carbons (Fsp3) is 0.174. The van der Waals surface area contributed by atoms with Gasteiger partial charge in [0, 0.05) is 23.1 Å². The minimum Gasteiger partial charge on any atom is -0.507 e. The van der Waals surface area contributed by atoms with Crippen LogP contribution in [0.3, 0.4) is 0 Å². The van der Waals surface area contributed by atoms with Crippen molar-refractivity contribution in [1.82, 2.24) is 5.01 Å². The largest absolute Gasteiger partial charge is 0.507 e. The average Bonchev–Trinajstić information content (AvgIpc) is 3.19. The van der Waals surface area contributed by atoms with E-state index in [2.05, 4.69) is 0 Å². The highest BCUT2D eigenvalue weighted by Gasteiger charge is 2.41. The van der Waals surface area contributed by atoms with Gasteiger partial charge in [-0.25, -0.2) is 5.01 Å². The van der Waals surface area contributed by atoms with Gasteiger partial charge in [0.2, 0.25) is 6.23 Å². The molecule has 5 rings (SSSR count). The highest BCUT2D eigenvalue weighted by Crippen LogP contribution is 2.48. The third kappa shape index (κ3) is 2.84. The minimum atomic E-state index is -0.479. The zero-order valence-corrected chi connectivity index (χ0v) is 15.8. The molecule has 0 aliphatic carbocycles. The average molecular weight is 388 g/mol. The normalized spacial score (nSPS) is 19.8. The van der Waals surface area contributed by atoms with Crippen molar-refractivity contribution < 1.29 is 19.7 Å². The van der Waals surface area contributed by atoms with E-state index >= 15 is 0 Å². The van der Waals surface area contributed by atoms with Crippen LogP contribution >= 0.6 is 0 Å². The summed E-state index contributed by atoms with van der Waals surface area (Å²) in [4.78, 5) is 0. The Labute approximate surface area is 168 Å². The van der Waals surface area contributed by atoms with Crippen molar-refractivity contribution in [3.8, 4) is 23.0 Å². The van der Waals surface area contributed by atoms with Crippen LogP contribution < -0.4 is 9.47 Å². The predicted molar refractivity (Wildman–Crippen MR) is 108 cm³/mol. The van der Waals surface area contributed by atoms with Crippen LogP contribution in [0.4, 0.5) is 0 Å². The fourth-order valence-corrected chi connectivity index (χ4v) is 3.98. The summed E-state index contributed by atoms with van der Waals surface area (Å²) < 4.78 is 11.6. The summed E-state index contributed by atoms with van der Waals surface area (Å²) in [5.74, 6) is 1.47. The second-order valence-corrected chi connectivity index (χ2v) is 7.10. The van der Waals surface area contributed by atoms with Crippen LogP contribution in [0.15, 0.2) is 71.8 Å². The summed E-state index contributed by atoms with van der Waals surface area (Å²) in [5, 5.41) is 27.0. The van der Waals surface area contributed by atoms with Crippen LogP contribution in [0.25, 0.3) is 0 Å². The molecule has 0 saturated heterocycles. The number of phenolic OH excluding ortho intramolecular Hbond substituents is 2. The molecular weight excluding hydrogens is 368 g/mol. The van der Waals surface area contributed by atoms with Crippen molar-refractivity contribution in [2.24, 2.45) is 5.10 Å². The van der Waals surface area contributed by atoms with E-state index in [-0.39, 0.29) is 17.5 Å². The Morgan fingerprint density at radius 2 is 1.79 bits per heavy atom. The summed E-state index contributed by atoms with van der Waals surface area (Å²) in [7, 11) is 1.52. The molecule has 0 saturated carbocycles. The van der Waals surface area contributed by atoms with E-state index in [4.69, 9.17) is 14.6 Å². The Kier molecular flexibility index (Phi) is 4.05. The minimum absolute atomic E-state index is 0.0145. The van der Waals surface area contributed by atoms with Crippen molar-refractivity contribution in [2.45, 2.75) is 18.7 Å². The monoisotopic (exact) mass is 388 g/mol. The van der Waals surface area contributed by atoms with E-state index in [1.807, 2.05) is 41.4 Å². The number of hydrazone groups is 1. The number of rotatable bonds is 3. The lowest BCUT2D eigenvalue weighted by molar-refractivity contribution is -0.0191. The van der Waals surface area contributed by atoms with Gasteiger partial charge in [0.05, 0.1) is 18.9 Å². The molecule has 3 aromatic rings. The second kappa shape index (κ2) is 6.74. The van der Waals surface area contributed by atoms with Crippen LogP contribution in [-0.4, -0.2) is 28.0 Å². The maximum absolute atomic E-state index is 10.3. The number of hydrogen-bond donors (Lipinski definition) is 2. The van der Waals surface area contributed by atoms with Gasteiger partial charge < -0.3 is 19.7 Å². The molecule has 0 bridgehead atoms. The number of ether oxygens (including phenoxy) is 2. The summed E-state index contributed by atoms with van der Waals surface area (Å²) in [5.41, 5.74) is 3.41. The van der Waals surface area contributed by atoms with Gasteiger partial charge in [0.15, 0.2) is 11.5 Å². The topological polar surface area (TPSA) is 74.5 Å². The zero-order valence-electron chi connectivity index (χ0n) is 15.8. The maximum atomic E-state index is 10.3. The quantitative estimate of drug-likeness (QED) is 0.698. The van der Waals surface area contributed by atoms with Gasteiger partial charge in [-0.2, -0.15) is 5.10 Å². The Bertz CT molecular complexity index is 1110. The molecule has 0 fully saturated rings. The van der Waals surface area contributed by atoms with Crippen LogP contribution in [0, 0.1) is 0 Å². The van der Waals surface area contributed by atoms with Crippen LogP contribution in [-0.2, 0) is 0 Å². The molecule has 2 aliphatic heterocycles. The first-order chi connectivity index (χ1) is 14.2. The van der Waals surface area contributed by atoms with E-state index < -0.39 is 6.23 Å². The van der Waals surface area contributed by atoms with E-state index in [9.17, 15) is 10.2 Å². The maximum Gasteiger partial charge on any atom is 0.214 e. The molecule has 29 heavy (non-hydrogen) atoms. The Balaban J connectivity index is 1.61.